The zero-order chi connectivity index (χ0) is 19.1. The molecule has 144 valence electrons. The molecule has 1 aliphatic heterocycles. The lowest BCUT2D eigenvalue weighted by atomic mass is 10.1. The highest BCUT2D eigenvalue weighted by atomic mass is 32.2. The number of ketones is 1. The van der Waals surface area contributed by atoms with Gasteiger partial charge >= 0.3 is 0 Å². The van der Waals surface area contributed by atoms with Gasteiger partial charge in [-0.05, 0) is 18.4 Å². The number of rotatable bonds is 8. The molecule has 2 aromatic rings. The maximum absolute atomic E-state index is 12.6. The Labute approximate surface area is 161 Å². The molecule has 0 N–H and O–H groups in total. The first-order chi connectivity index (χ1) is 13.0. The zero-order valence-corrected chi connectivity index (χ0v) is 16.3. The number of piperazine rings is 1. The van der Waals surface area contributed by atoms with Gasteiger partial charge in [-0.25, -0.2) is 8.42 Å². The van der Waals surface area contributed by atoms with Crippen molar-refractivity contribution in [2.45, 2.75) is 12.8 Å². The molecule has 0 saturated carbocycles. The third-order valence-corrected chi connectivity index (χ3v) is 6.85. The third-order valence-electron chi connectivity index (χ3n) is 4.90. The van der Waals surface area contributed by atoms with Crippen LogP contribution in [0.4, 0.5) is 0 Å². The SMILES string of the molecule is O=C(CN1CCN(S(=O)(=O)CCCc2ccccc2)CC1)c1ccccc1. The summed E-state index contributed by atoms with van der Waals surface area (Å²) in [7, 11) is -3.24. The van der Waals surface area contributed by atoms with Gasteiger partial charge in [0.1, 0.15) is 0 Å². The number of nitrogens with zero attached hydrogens (tertiary/aromatic N) is 2. The number of hydrogen-bond acceptors (Lipinski definition) is 4. The predicted octanol–water partition coefficient (Wildman–Crippen LogP) is 2.45. The Kier molecular flexibility index (Phi) is 6.77. The smallest absolute Gasteiger partial charge is 0.214 e. The molecule has 3 rings (SSSR count). The van der Waals surface area contributed by atoms with E-state index in [1.165, 1.54) is 0 Å². The van der Waals surface area contributed by atoms with Crippen LogP contribution >= 0.6 is 0 Å². The van der Waals surface area contributed by atoms with Gasteiger partial charge in [0.2, 0.25) is 10.0 Å². The van der Waals surface area contributed by atoms with E-state index in [2.05, 4.69) is 0 Å². The summed E-state index contributed by atoms with van der Waals surface area (Å²) in [5, 5.41) is 0. The summed E-state index contributed by atoms with van der Waals surface area (Å²) in [5.74, 6) is 0.250. The van der Waals surface area contributed by atoms with Crippen molar-refractivity contribution in [3.63, 3.8) is 0 Å². The van der Waals surface area contributed by atoms with Crippen LogP contribution < -0.4 is 0 Å². The van der Waals surface area contributed by atoms with Gasteiger partial charge in [-0.15, -0.1) is 0 Å². The maximum atomic E-state index is 12.6. The molecule has 0 radical (unpaired) electrons. The molecule has 0 unspecified atom stereocenters. The molecule has 1 heterocycles. The summed E-state index contributed by atoms with van der Waals surface area (Å²) in [4.78, 5) is 14.3. The molecule has 0 aromatic heterocycles. The van der Waals surface area contributed by atoms with Gasteiger partial charge in [0.05, 0.1) is 12.3 Å². The normalized spacial score (nSPS) is 16.3. The van der Waals surface area contributed by atoms with Crippen molar-refractivity contribution < 1.29 is 13.2 Å². The average Bonchev–Trinajstić information content (AvgIpc) is 2.70. The van der Waals surface area contributed by atoms with Crippen molar-refractivity contribution in [1.82, 2.24) is 9.21 Å². The molecule has 0 aliphatic carbocycles. The largest absolute Gasteiger partial charge is 0.293 e. The molecular formula is C21H26N2O3S. The molecule has 1 fully saturated rings. The lowest BCUT2D eigenvalue weighted by Crippen LogP contribution is -2.50. The van der Waals surface area contributed by atoms with Gasteiger partial charge in [-0.1, -0.05) is 60.7 Å². The molecule has 6 heteroatoms. The average molecular weight is 387 g/mol. The Hall–Kier alpha value is -2.02. The molecule has 27 heavy (non-hydrogen) atoms. The van der Waals surface area contributed by atoms with E-state index in [-0.39, 0.29) is 11.5 Å². The van der Waals surface area contributed by atoms with Crippen LogP contribution in [-0.2, 0) is 16.4 Å². The van der Waals surface area contributed by atoms with Crippen LogP contribution in [0.3, 0.4) is 0 Å². The van der Waals surface area contributed by atoms with Crippen molar-refractivity contribution in [3.8, 4) is 0 Å². The van der Waals surface area contributed by atoms with Crippen molar-refractivity contribution in [3.05, 3.63) is 71.8 Å². The van der Waals surface area contributed by atoms with Crippen LogP contribution in [0.5, 0.6) is 0 Å². The Morgan fingerprint density at radius 3 is 2.07 bits per heavy atom. The molecule has 0 bridgehead atoms. The number of aryl methyl sites for hydroxylation is 1. The van der Waals surface area contributed by atoms with E-state index in [9.17, 15) is 13.2 Å². The minimum absolute atomic E-state index is 0.0785. The first-order valence-electron chi connectivity index (χ1n) is 9.37. The van der Waals surface area contributed by atoms with Gasteiger partial charge < -0.3 is 0 Å². The van der Waals surface area contributed by atoms with E-state index in [4.69, 9.17) is 0 Å². The summed E-state index contributed by atoms with van der Waals surface area (Å²) in [6.07, 6.45) is 1.39. The molecule has 0 atom stereocenters. The molecule has 5 nitrogen and oxygen atoms in total. The van der Waals surface area contributed by atoms with Gasteiger partial charge in [0.25, 0.3) is 0 Å². The second-order valence-electron chi connectivity index (χ2n) is 6.87. The highest BCUT2D eigenvalue weighted by Gasteiger charge is 2.27. The first-order valence-corrected chi connectivity index (χ1v) is 11.0. The predicted molar refractivity (Wildman–Crippen MR) is 107 cm³/mol. The van der Waals surface area contributed by atoms with E-state index < -0.39 is 10.0 Å². The molecule has 0 spiro atoms. The summed E-state index contributed by atoms with van der Waals surface area (Å²) in [5.41, 5.74) is 1.87. The standard InChI is InChI=1S/C21H26N2O3S/c24-21(20-11-5-2-6-12-20)18-22-13-15-23(16-14-22)27(25,26)17-7-10-19-8-3-1-4-9-19/h1-6,8-9,11-12H,7,10,13-18H2. The number of sulfonamides is 1. The fraction of sp³-hybridized carbons (Fsp3) is 0.381. The van der Waals surface area contributed by atoms with E-state index in [0.717, 1.165) is 12.0 Å². The second kappa shape index (κ2) is 9.26. The summed E-state index contributed by atoms with van der Waals surface area (Å²) >= 11 is 0. The van der Waals surface area contributed by atoms with Gasteiger partial charge in [-0.3, -0.25) is 9.69 Å². The zero-order valence-electron chi connectivity index (χ0n) is 15.5. The molecule has 0 amide bonds. The van der Waals surface area contributed by atoms with Crippen LogP contribution in [0, 0.1) is 0 Å². The summed E-state index contributed by atoms with van der Waals surface area (Å²) in [6.45, 7) is 2.43. The molecular weight excluding hydrogens is 360 g/mol. The van der Waals surface area contributed by atoms with Crippen LogP contribution in [-0.4, -0.2) is 61.9 Å². The summed E-state index contributed by atoms with van der Waals surface area (Å²) < 4.78 is 26.7. The van der Waals surface area contributed by atoms with Crippen molar-refractivity contribution in [1.29, 1.82) is 0 Å². The number of benzene rings is 2. The topological polar surface area (TPSA) is 57.7 Å². The van der Waals surface area contributed by atoms with Crippen molar-refractivity contribution >= 4 is 15.8 Å². The van der Waals surface area contributed by atoms with Crippen molar-refractivity contribution in [2.75, 3.05) is 38.5 Å². The van der Waals surface area contributed by atoms with Gasteiger partial charge in [0, 0.05) is 31.7 Å². The Balaban J connectivity index is 1.44. The number of hydrogen-bond donors (Lipinski definition) is 0. The highest BCUT2D eigenvalue weighted by Crippen LogP contribution is 2.12. The lowest BCUT2D eigenvalue weighted by Gasteiger charge is -2.33. The maximum Gasteiger partial charge on any atom is 0.214 e. The van der Waals surface area contributed by atoms with Crippen molar-refractivity contribution in [2.24, 2.45) is 0 Å². The van der Waals surface area contributed by atoms with Crippen LogP contribution in [0.15, 0.2) is 60.7 Å². The first kappa shape index (κ1) is 19.7. The Morgan fingerprint density at radius 1 is 0.852 bits per heavy atom. The van der Waals surface area contributed by atoms with E-state index in [1.807, 2.05) is 65.6 Å². The Morgan fingerprint density at radius 2 is 1.44 bits per heavy atom. The Bertz CT molecular complexity index is 830. The molecule has 1 saturated heterocycles. The van der Waals surface area contributed by atoms with Crippen LogP contribution in [0.2, 0.25) is 0 Å². The van der Waals surface area contributed by atoms with Crippen LogP contribution in [0.25, 0.3) is 0 Å². The summed E-state index contributed by atoms with van der Waals surface area (Å²) in [6, 6.07) is 19.2. The monoisotopic (exact) mass is 386 g/mol. The third kappa shape index (κ3) is 5.73. The van der Waals surface area contributed by atoms with Gasteiger partial charge in [0.15, 0.2) is 5.78 Å². The van der Waals surface area contributed by atoms with Gasteiger partial charge in [-0.2, -0.15) is 4.31 Å². The lowest BCUT2D eigenvalue weighted by molar-refractivity contribution is 0.0901. The molecule has 2 aromatic carbocycles. The fourth-order valence-electron chi connectivity index (χ4n) is 3.32. The highest BCUT2D eigenvalue weighted by molar-refractivity contribution is 7.89. The number of carbonyl (C=O) groups is 1. The quantitative estimate of drug-likeness (QED) is 0.654. The van der Waals surface area contributed by atoms with E-state index >= 15 is 0 Å². The van der Waals surface area contributed by atoms with E-state index in [0.29, 0.717) is 44.7 Å². The number of Topliss-reactive ketones (excluding diaryl/α,β-unsaturated/α-hetero) is 1. The van der Waals surface area contributed by atoms with Crippen LogP contribution in [0.1, 0.15) is 22.3 Å². The van der Waals surface area contributed by atoms with E-state index in [1.54, 1.807) is 4.31 Å². The second-order valence-corrected chi connectivity index (χ2v) is 8.96. The minimum atomic E-state index is -3.24. The fourth-order valence-corrected chi connectivity index (χ4v) is 4.80. The minimum Gasteiger partial charge on any atom is -0.293 e. The number of carbonyl (C=O) groups excluding carboxylic acids is 1. The molecule has 1 aliphatic rings.